The second-order valence-electron chi connectivity index (χ2n) is 4.55. The van der Waals surface area contributed by atoms with Gasteiger partial charge in [0.1, 0.15) is 11.5 Å². The van der Waals surface area contributed by atoms with E-state index in [0.29, 0.717) is 0 Å². The van der Waals surface area contributed by atoms with Crippen molar-refractivity contribution in [3.05, 3.63) is 59.7 Å². The molecule has 0 bridgehead atoms. The number of hydrogen-bond acceptors (Lipinski definition) is 4. The fraction of sp³-hybridized carbons (Fsp3) is 0.125. The first-order chi connectivity index (χ1) is 10.6. The Labute approximate surface area is 151 Å². The van der Waals surface area contributed by atoms with Gasteiger partial charge in [-0.05, 0) is 24.3 Å². The van der Waals surface area contributed by atoms with E-state index in [2.05, 4.69) is 10.6 Å². The minimum Gasteiger partial charge on any atom is -0.507 e. The molecular formula is C16H18Cl2N2O4. The summed E-state index contributed by atoms with van der Waals surface area (Å²) < 4.78 is 0. The summed E-state index contributed by atoms with van der Waals surface area (Å²) in [6.07, 6.45) is 0. The van der Waals surface area contributed by atoms with Crippen LogP contribution in [-0.2, 0) is 0 Å². The van der Waals surface area contributed by atoms with Gasteiger partial charge >= 0.3 is 0 Å². The Bertz CT molecular complexity index is 636. The Morgan fingerprint density at radius 2 is 1.04 bits per heavy atom. The minimum atomic E-state index is -0.421. The zero-order valence-electron chi connectivity index (χ0n) is 12.6. The molecule has 130 valence electrons. The molecule has 0 saturated carbocycles. The van der Waals surface area contributed by atoms with Crippen molar-refractivity contribution in [2.24, 2.45) is 0 Å². The topological polar surface area (TPSA) is 98.7 Å². The molecule has 8 heteroatoms. The van der Waals surface area contributed by atoms with E-state index >= 15 is 0 Å². The van der Waals surface area contributed by atoms with Gasteiger partial charge in [0.2, 0.25) is 0 Å². The van der Waals surface area contributed by atoms with Crippen LogP contribution in [-0.4, -0.2) is 35.1 Å². The Morgan fingerprint density at radius 3 is 1.38 bits per heavy atom. The first-order valence-corrected chi connectivity index (χ1v) is 6.72. The molecule has 0 atom stereocenters. The zero-order chi connectivity index (χ0) is 15.9. The zero-order valence-corrected chi connectivity index (χ0v) is 14.2. The molecule has 2 aromatic rings. The van der Waals surface area contributed by atoms with E-state index in [9.17, 15) is 19.8 Å². The quantitative estimate of drug-likeness (QED) is 0.604. The third-order valence-electron chi connectivity index (χ3n) is 2.99. The Morgan fingerprint density at radius 1 is 0.708 bits per heavy atom. The summed E-state index contributed by atoms with van der Waals surface area (Å²) in [5, 5.41) is 24.3. The lowest BCUT2D eigenvalue weighted by Crippen LogP contribution is -2.34. The molecule has 0 aliphatic rings. The number of phenols is 2. The lowest BCUT2D eigenvalue weighted by Gasteiger charge is -2.08. The minimum absolute atomic E-state index is 0. The number of benzene rings is 2. The van der Waals surface area contributed by atoms with Crippen LogP contribution >= 0.6 is 24.8 Å². The van der Waals surface area contributed by atoms with Crippen LogP contribution in [0, 0.1) is 0 Å². The smallest absolute Gasteiger partial charge is 0.255 e. The highest BCUT2D eigenvalue weighted by molar-refractivity contribution is 5.97. The number of carbonyl (C=O) groups excluding carboxylic acids is 2. The lowest BCUT2D eigenvalue weighted by molar-refractivity contribution is 0.0924. The highest BCUT2D eigenvalue weighted by Gasteiger charge is 2.11. The first-order valence-electron chi connectivity index (χ1n) is 6.72. The predicted octanol–water partition coefficient (Wildman–Crippen LogP) is 2.10. The predicted molar refractivity (Wildman–Crippen MR) is 95.4 cm³/mol. The van der Waals surface area contributed by atoms with Crippen molar-refractivity contribution in [3.63, 3.8) is 0 Å². The molecule has 0 fully saturated rings. The molecule has 4 N–H and O–H groups in total. The number of amides is 2. The van der Waals surface area contributed by atoms with Gasteiger partial charge in [0.15, 0.2) is 0 Å². The van der Waals surface area contributed by atoms with E-state index in [1.807, 2.05) is 0 Å². The Hall–Kier alpha value is -2.44. The number of rotatable bonds is 5. The van der Waals surface area contributed by atoms with Crippen LogP contribution in [0.25, 0.3) is 0 Å². The summed E-state index contributed by atoms with van der Waals surface area (Å²) in [5.41, 5.74) is 0.351. The van der Waals surface area contributed by atoms with Gasteiger partial charge in [-0.15, -0.1) is 24.8 Å². The van der Waals surface area contributed by atoms with Crippen LogP contribution in [0.2, 0.25) is 0 Å². The van der Waals surface area contributed by atoms with Crippen LogP contribution in [0.5, 0.6) is 11.5 Å². The fourth-order valence-electron chi connectivity index (χ4n) is 1.87. The molecule has 2 amide bonds. The molecular weight excluding hydrogens is 355 g/mol. The molecule has 24 heavy (non-hydrogen) atoms. The molecule has 0 aliphatic carbocycles. The highest BCUT2D eigenvalue weighted by Crippen LogP contribution is 2.15. The van der Waals surface area contributed by atoms with Crippen molar-refractivity contribution in [2.75, 3.05) is 13.1 Å². The summed E-state index contributed by atoms with van der Waals surface area (Å²) >= 11 is 0. The average Bonchev–Trinajstić information content (AvgIpc) is 2.52. The van der Waals surface area contributed by atoms with Crippen molar-refractivity contribution >= 4 is 36.6 Å². The van der Waals surface area contributed by atoms with Gasteiger partial charge < -0.3 is 20.8 Å². The molecule has 0 spiro atoms. The number of carbonyl (C=O) groups is 2. The fourth-order valence-corrected chi connectivity index (χ4v) is 1.87. The summed E-state index contributed by atoms with van der Waals surface area (Å²) in [6, 6.07) is 12.4. The summed E-state index contributed by atoms with van der Waals surface area (Å²) in [4.78, 5) is 23.6. The van der Waals surface area contributed by atoms with Gasteiger partial charge in [-0.2, -0.15) is 0 Å². The van der Waals surface area contributed by atoms with Gasteiger partial charge in [-0.25, -0.2) is 0 Å². The number of hydrogen-bond donors (Lipinski definition) is 4. The average molecular weight is 373 g/mol. The lowest BCUT2D eigenvalue weighted by atomic mass is 10.2. The summed E-state index contributed by atoms with van der Waals surface area (Å²) in [5.74, 6) is -1.04. The number of aromatic hydroxyl groups is 2. The molecule has 6 nitrogen and oxygen atoms in total. The van der Waals surface area contributed by atoms with Gasteiger partial charge in [0.05, 0.1) is 11.1 Å². The molecule has 0 unspecified atom stereocenters. The number of phenolic OH excluding ortho intramolecular Hbond substituents is 2. The maximum atomic E-state index is 11.8. The molecule has 2 aromatic carbocycles. The molecule has 0 saturated heterocycles. The maximum Gasteiger partial charge on any atom is 0.255 e. The van der Waals surface area contributed by atoms with Crippen molar-refractivity contribution in [1.82, 2.24) is 10.6 Å². The third-order valence-corrected chi connectivity index (χ3v) is 2.99. The molecule has 0 heterocycles. The van der Waals surface area contributed by atoms with E-state index in [4.69, 9.17) is 0 Å². The standard InChI is InChI=1S/C16H16N2O4.2ClH/c19-13-7-3-1-5-11(13)15(21)17-9-10-18-16(22)12-6-2-4-8-14(12)20;;/h1-8,19-20H,9-10H2,(H,17,21)(H,18,22);2*1H. The van der Waals surface area contributed by atoms with Crippen LogP contribution in [0.3, 0.4) is 0 Å². The van der Waals surface area contributed by atoms with Crippen LogP contribution in [0.1, 0.15) is 20.7 Å². The van der Waals surface area contributed by atoms with Gasteiger partial charge in [0.25, 0.3) is 11.8 Å². The van der Waals surface area contributed by atoms with Gasteiger partial charge in [-0.3, -0.25) is 9.59 Å². The Balaban J connectivity index is 0.00000264. The van der Waals surface area contributed by atoms with E-state index in [1.54, 1.807) is 24.3 Å². The van der Waals surface area contributed by atoms with Crippen LogP contribution in [0.15, 0.2) is 48.5 Å². The number of halogens is 2. The van der Waals surface area contributed by atoms with E-state index < -0.39 is 11.8 Å². The molecule has 2 rings (SSSR count). The third kappa shape index (κ3) is 5.64. The van der Waals surface area contributed by atoms with Crippen LogP contribution < -0.4 is 10.6 Å². The van der Waals surface area contributed by atoms with Gasteiger partial charge in [-0.1, -0.05) is 24.3 Å². The maximum absolute atomic E-state index is 11.8. The first kappa shape index (κ1) is 21.6. The molecule has 0 aromatic heterocycles. The second-order valence-corrected chi connectivity index (χ2v) is 4.55. The largest absolute Gasteiger partial charge is 0.507 e. The van der Waals surface area contributed by atoms with Crippen molar-refractivity contribution in [1.29, 1.82) is 0 Å². The normalized spacial score (nSPS) is 9.17. The SMILES string of the molecule is Cl.Cl.O=C(NCCNC(=O)c1ccccc1O)c1ccccc1O. The van der Waals surface area contributed by atoms with Crippen molar-refractivity contribution in [2.45, 2.75) is 0 Å². The van der Waals surface area contributed by atoms with E-state index in [-0.39, 0.29) is 60.5 Å². The monoisotopic (exact) mass is 372 g/mol. The highest BCUT2D eigenvalue weighted by atomic mass is 35.5. The Kier molecular flexibility index (Phi) is 9.30. The second kappa shape index (κ2) is 10.4. The summed E-state index contributed by atoms with van der Waals surface area (Å²) in [7, 11) is 0. The van der Waals surface area contributed by atoms with E-state index in [0.717, 1.165) is 0 Å². The molecule has 0 aliphatic heterocycles. The molecule has 0 radical (unpaired) electrons. The number of nitrogens with one attached hydrogen (secondary N) is 2. The summed E-state index contributed by atoms with van der Waals surface area (Å²) in [6.45, 7) is 0.402. The van der Waals surface area contributed by atoms with Crippen LogP contribution in [0.4, 0.5) is 0 Å². The number of para-hydroxylation sites is 2. The van der Waals surface area contributed by atoms with E-state index in [1.165, 1.54) is 24.3 Å². The van der Waals surface area contributed by atoms with Crippen molar-refractivity contribution < 1.29 is 19.8 Å². The van der Waals surface area contributed by atoms with Gasteiger partial charge in [0, 0.05) is 13.1 Å². The van der Waals surface area contributed by atoms with Crippen molar-refractivity contribution in [3.8, 4) is 11.5 Å².